The molecule has 4 heteroatoms. The number of ether oxygens (including phenoxy) is 1. The van der Waals surface area contributed by atoms with E-state index in [0.717, 1.165) is 21.5 Å². The second kappa shape index (κ2) is 6.48. The summed E-state index contributed by atoms with van der Waals surface area (Å²) in [6, 6.07) is 13.2. The molecule has 0 radical (unpaired) electrons. The SMILES string of the molecule is CCOc1ccc(NCc2cc(Br)ccc2O)cc1. The summed E-state index contributed by atoms with van der Waals surface area (Å²) in [5, 5.41) is 13.0. The van der Waals surface area contributed by atoms with E-state index in [9.17, 15) is 5.11 Å². The lowest BCUT2D eigenvalue weighted by Gasteiger charge is -2.09. The van der Waals surface area contributed by atoms with Crippen molar-refractivity contribution in [3.05, 3.63) is 52.5 Å². The molecule has 0 spiro atoms. The first-order chi connectivity index (χ1) is 9.19. The number of anilines is 1. The average Bonchev–Trinajstić information content (AvgIpc) is 2.42. The predicted molar refractivity (Wildman–Crippen MR) is 80.7 cm³/mol. The second-order valence-electron chi connectivity index (χ2n) is 4.08. The topological polar surface area (TPSA) is 41.5 Å². The number of hydrogen-bond donors (Lipinski definition) is 2. The number of aromatic hydroxyl groups is 1. The summed E-state index contributed by atoms with van der Waals surface area (Å²) in [6.45, 7) is 3.19. The largest absolute Gasteiger partial charge is 0.508 e. The number of nitrogens with one attached hydrogen (secondary N) is 1. The fourth-order valence-electron chi connectivity index (χ4n) is 1.73. The molecule has 0 aromatic heterocycles. The third-order valence-corrected chi connectivity index (χ3v) is 3.18. The minimum Gasteiger partial charge on any atom is -0.508 e. The number of rotatable bonds is 5. The van der Waals surface area contributed by atoms with Crippen molar-refractivity contribution in [2.24, 2.45) is 0 Å². The molecule has 100 valence electrons. The van der Waals surface area contributed by atoms with Gasteiger partial charge in [0.1, 0.15) is 11.5 Å². The van der Waals surface area contributed by atoms with Crippen LogP contribution in [0, 0.1) is 0 Å². The molecule has 0 heterocycles. The smallest absolute Gasteiger partial charge is 0.120 e. The molecule has 0 fully saturated rings. The fraction of sp³-hybridized carbons (Fsp3) is 0.200. The molecule has 0 saturated heterocycles. The standard InChI is InChI=1S/C15H16BrNO2/c1-2-19-14-6-4-13(5-7-14)17-10-11-9-12(16)3-8-15(11)18/h3-9,17-18H,2,10H2,1H3. The van der Waals surface area contributed by atoms with Crippen molar-refractivity contribution in [2.75, 3.05) is 11.9 Å². The Labute approximate surface area is 121 Å². The molecular weight excluding hydrogens is 306 g/mol. The van der Waals surface area contributed by atoms with Gasteiger partial charge < -0.3 is 15.2 Å². The van der Waals surface area contributed by atoms with Gasteiger partial charge in [0.2, 0.25) is 0 Å². The Morgan fingerprint density at radius 1 is 1.16 bits per heavy atom. The predicted octanol–water partition coefficient (Wildman–Crippen LogP) is 4.17. The van der Waals surface area contributed by atoms with Crippen LogP contribution in [-0.4, -0.2) is 11.7 Å². The lowest BCUT2D eigenvalue weighted by molar-refractivity contribution is 0.340. The van der Waals surface area contributed by atoms with Crippen LogP contribution in [0.15, 0.2) is 46.9 Å². The van der Waals surface area contributed by atoms with E-state index in [0.29, 0.717) is 18.9 Å². The highest BCUT2D eigenvalue weighted by Gasteiger charge is 2.02. The van der Waals surface area contributed by atoms with Crippen molar-refractivity contribution in [2.45, 2.75) is 13.5 Å². The van der Waals surface area contributed by atoms with Crippen molar-refractivity contribution < 1.29 is 9.84 Å². The van der Waals surface area contributed by atoms with E-state index in [1.165, 1.54) is 0 Å². The Hall–Kier alpha value is -1.68. The maximum atomic E-state index is 9.75. The van der Waals surface area contributed by atoms with E-state index in [1.807, 2.05) is 43.3 Å². The summed E-state index contributed by atoms with van der Waals surface area (Å²) >= 11 is 3.39. The van der Waals surface area contributed by atoms with E-state index in [1.54, 1.807) is 6.07 Å². The second-order valence-corrected chi connectivity index (χ2v) is 5.00. The molecule has 0 atom stereocenters. The molecule has 2 rings (SSSR count). The van der Waals surface area contributed by atoms with Crippen molar-refractivity contribution >= 4 is 21.6 Å². The van der Waals surface area contributed by atoms with E-state index >= 15 is 0 Å². The van der Waals surface area contributed by atoms with Gasteiger partial charge in [-0.3, -0.25) is 0 Å². The fourth-order valence-corrected chi connectivity index (χ4v) is 2.14. The lowest BCUT2D eigenvalue weighted by Crippen LogP contribution is -2.00. The average molecular weight is 322 g/mol. The maximum absolute atomic E-state index is 9.75. The molecule has 2 aromatic carbocycles. The van der Waals surface area contributed by atoms with Gasteiger partial charge in [0.05, 0.1) is 6.61 Å². The van der Waals surface area contributed by atoms with Gasteiger partial charge in [-0.2, -0.15) is 0 Å². The van der Waals surface area contributed by atoms with Crippen LogP contribution in [0.5, 0.6) is 11.5 Å². The Bertz CT molecular complexity index is 540. The van der Waals surface area contributed by atoms with Gasteiger partial charge in [-0.05, 0) is 49.4 Å². The highest BCUT2D eigenvalue weighted by Crippen LogP contribution is 2.23. The zero-order valence-electron chi connectivity index (χ0n) is 10.7. The van der Waals surface area contributed by atoms with Gasteiger partial charge in [-0.25, -0.2) is 0 Å². The van der Waals surface area contributed by atoms with Crippen molar-refractivity contribution in [1.29, 1.82) is 0 Å². The van der Waals surface area contributed by atoms with Crippen LogP contribution in [0.4, 0.5) is 5.69 Å². The number of halogens is 1. The Morgan fingerprint density at radius 3 is 2.58 bits per heavy atom. The highest BCUT2D eigenvalue weighted by molar-refractivity contribution is 9.10. The first-order valence-electron chi connectivity index (χ1n) is 6.13. The van der Waals surface area contributed by atoms with Crippen molar-refractivity contribution in [3.8, 4) is 11.5 Å². The lowest BCUT2D eigenvalue weighted by atomic mass is 10.2. The minimum absolute atomic E-state index is 0.293. The van der Waals surface area contributed by atoms with Gasteiger partial charge >= 0.3 is 0 Å². The Morgan fingerprint density at radius 2 is 1.89 bits per heavy atom. The van der Waals surface area contributed by atoms with Gasteiger partial charge in [0.15, 0.2) is 0 Å². The molecule has 0 saturated carbocycles. The summed E-state index contributed by atoms with van der Waals surface area (Å²) in [4.78, 5) is 0. The first-order valence-corrected chi connectivity index (χ1v) is 6.92. The van der Waals surface area contributed by atoms with E-state index in [2.05, 4.69) is 21.2 Å². The van der Waals surface area contributed by atoms with Crippen molar-refractivity contribution in [3.63, 3.8) is 0 Å². The van der Waals surface area contributed by atoms with Crippen LogP contribution in [-0.2, 0) is 6.54 Å². The molecule has 0 aliphatic carbocycles. The molecule has 0 aliphatic heterocycles. The molecule has 19 heavy (non-hydrogen) atoms. The van der Waals surface area contributed by atoms with Gasteiger partial charge in [-0.1, -0.05) is 15.9 Å². The third-order valence-electron chi connectivity index (χ3n) is 2.69. The van der Waals surface area contributed by atoms with Crippen LogP contribution >= 0.6 is 15.9 Å². The molecule has 0 bridgehead atoms. The molecule has 2 aromatic rings. The van der Waals surface area contributed by atoms with Crippen LogP contribution < -0.4 is 10.1 Å². The Balaban J connectivity index is 2.00. The zero-order valence-corrected chi connectivity index (χ0v) is 12.3. The summed E-state index contributed by atoms with van der Waals surface area (Å²) in [7, 11) is 0. The monoisotopic (exact) mass is 321 g/mol. The summed E-state index contributed by atoms with van der Waals surface area (Å²) in [5.41, 5.74) is 1.84. The van der Waals surface area contributed by atoms with Crippen molar-refractivity contribution in [1.82, 2.24) is 0 Å². The molecule has 0 amide bonds. The van der Waals surface area contributed by atoms with Crippen LogP contribution in [0.2, 0.25) is 0 Å². The van der Waals surface area contributed by atoms with Crippen LogP contribution in [0.25, 0.3) is 0 Å². The number of benzene rings is 2. The van der Waals surface area contributed by atoms with Gasteiger partial charge in [0.25, 0.3) is 0 Å². The van der Waals surface area contributed by atoms with E-state index < -0.39 is 0 Å². The van der Waals surface area contributed by atoms with E-state index in [-0.39, 0.29) is 0 Å². The molecule has 3 nitrogen and oxygen atoms in total. The first kappa shape index (κ1) is 13.7. The van der Waals surface area contributed by atoms with Gasteiger partial charge in [0, 0.05) is 22.3 Å². The van der Waals surface area contributed by atoms with E-state index in [4.69, 9.17) is 4.74 Å². The zero-order chi connectivity index (χ0) is 13.7. The maximum Gasteiger partial charge on any atom is 0.120 e. The highest BCUT2D eigenvalue weighted by atomic mass is 79.9. The minimum atomic E-state index is 0.293. The summed E-state index contributed by atoms with van der Waals surface area (Å²) < 4.78 is 6.34. The molecule has 2 N–H and O–H groups in total. The number of phenols is 1. The molecule has 0 aliphatic rings. The number of phenolic OH excluding ortho intramolecular Hbond substituents is 1. The third kappa shape index (κ3) is 3.89. The normalized spacial score (nSPS) is 10.2. The van der Waals surface area contributed by atoms with Gasteiger partial charge in [-0.15, -0.1) is 0 Å². The Kier molecular flexibility index (Phi) is 4.68. The number of hydrogen-bond acceptors (Lipinski definition) is 3. The molecule has 0 unspecified atom stereocenters. The quantitative estimate of drug-likeness (QED) is 0.868. The summed E-state index contributed by atoms with van der Waals surface area (Å²) in [6.07, 6.45) is 0. The summed E-state index contributed by atoms with van der Waals surface area (Å²) in [5.74, 6) is 1.15. The van der Waals surface area contributed by atoms with Crippen LogP contribution in [0.3, 0.4) is 0 Å². The van der Waals surface area contributed by atoms with Crippen LogP contribution in [0.1, 0.15) is 12.5 Å². The molecular formula is C15H16BrNO2.